The third-order valence-corrected chi connectivity index (χ3v) is 1.67. The number of rotatable bonds is 2. The Labute approximate surface area is 84.0 Å². The van der Waals surface area contributed by atoms with Crippen molar-refractivity contribution >= 4 is 5.97 Å². The highest BCUT2D eigenvalue weighted by molar-refractivity contribution is 5.75. The second-order valence-electron chi connectivity index (χ2n) is 2.79. The van der Waals surface area contributed by atoms with Gasteiger partial charge in [-0.3, -0.25) is 4.79 Å². The van der Waals surface area contributed by atoms with E-state index in [1.54, 1.807) is 13.8 Å². The molecule has 14 heavy (non-hydrogen) atoms. The molecule has 2 N–H and O–H groups in total. The zero-order valence-corrected chi connectivity index (χ0v) is 8.47. The van der Waals surface area contributed by atoms with Gasteiger partial charge in [-0.25, -0.2) is 0 Å². The maximum Gasteiger partial charge on any atom is 0.310 e. The summed E-state index contributed by atoms with van der Waals surface area (Å²) >= 11 is 0. The molecule has 0 bridgehead atoms. The molecule has 1 atom stereocenters. The van der Waals surface area contributed by atoms with Crippen molar-refractivity contribution in [2.45, 2.75) is 19.8 Å². The fraction of sp³-hybridized carbons (Fsp3) is 0.364. The first kappa shape index (κ1) is 12.7. The van der Waals surface area contributed by atoms with Crippen LogP contribution in [0.25, 0.3) is 0 Å². The van der Waals surface area contributed by atoms with Crippen LogP contribution in [0.15, 0.2) is 30.3 Å². The highest BCUT2D eigenvalue weighted by Crippen LogP contribution is 2.13. The van der Waals surface area contributed by atoms with Gasteiger partial charge >= 0.3 is 5.97 Å². The molecule has 0 saturated carbocycles. The van der Waals surface area contributed by atoms with Crippen LogP contribution in [0.5, 0.6) is 0 Å². The van der Waals surface area contributed by atoms with Gasteiger partial charge in [0, 0.05) is 6.61 Å². The highest BCUT2D eigenvalue weighted by atomic mass is 16.4. The fourth-order valence-electron chi connectivity index (χ4n) is 0.884. The van der Waals surface area contributed by atoms with Gasteiger partial charge in [-0.15, -0.1) is 0 Å². The zero-order chi connectivity index (χ0) is 11.0. The summed E-state index contributed by atoms with van der Waals surface area (Å²) in [6.45, 7) is 3.61. The summed E-state index contributed by atoms with van der Waals surface area (Å²) in [6, 6.07) is 9.19. The van der Waals surface area contributed by atoms with Gasteiger partial charge in [0.1, 0.15) is 0 Å². The Balaban J connectivity index is 0.000000500. The summed E-state index contributed by atoms with van der Waals surface area (Å²) in [5.41, 5.74) is 0.847. The lowest BCUT2D eigenvalue weighted by Crippen LogP contribution is -2.06. The molecular weight excluding hydrogens is 180 g/mol. The van der Waals surface area contributed by atoms with E-state index in [0.29, 0.717) is 0 Å². The van der Waals surface area contributed by atoms with Crippen molar-refractivity contribution in [2.75, 3.05) is 6.61 Å². The molecule has 1 rings (SSSR count). The molecule has 78 valence electrons. The maximum absolute atomic E-state index is 10.5. The topological polar surface area (TPSA) is 57.5 Å². The minimum atomic E-state index is -0.781. The molecule has 0 radical (unpaired) electrons. The molecule has 0 saturated heterocycles. The minimum Gasteiger partial charge on any atom is -0.481 e. The lowest BCUT2D eigenvalue weighted by molar-refractivity contribution is -0.138. The summed E-state index contributed by atoms with van der Waals surface area (Å²) < 4.78 is 0. The van der Waals surface area contributed by atoms with Crippen LogP contribution < -0.4 is 0 Å². The van der Waals surface area contributed by atoms with Crippen molar-refractivity contribution in [1.82, 2.24) is 0 Å². The Kier molecular flexibility index (Phi) is 6.41. The monoisotopic (exact) mass is 196 g/mol. The largest absolute Gasteiger partial charge is 0.481 e. The van der Waals surface area contributed by atoms with Crippen molar-refractivity contribution in [3.05, 3.63) is 35.9 Å². The van der Waals surface area contributed by atoms with Crippen molar-refractivity contribution in [3.8, 4) is 0 Å². The van der Waals surface area contributed by atoms with E-state index >= 15 is 0 Å². The van der Waals surface area contributed by atoms with E-state index in [2.05, 4.69) is 0 Å². The van der Waals surface area contributed by atoms with E-state index in [1.807, 2.05) is 30.3 Å². The average molecular weight is 196 g/mol. The standard InChI is InChI=1S/C9H10O2.C2H6O/c1-7(9(10)11)8-5-3-2-4-6-8;1-2-3/h2-7H,1H3,(H,10,11);3H,2H2,1H3. The van der Waals surface area contributed by atoms with Gasteiger partial charge in [0.15, 0.2) is 0 Å². The van der Waals surface area contributed by atoms with Gasteiger partial charge in [-0.2, -0.15) is 0 Å². The molecule has 1 aromatic rings. The molecule has 1 unspecified atom stereocenters. The van der Waals surface area contributed by atoms with Crippen LogP contribution in [0.3, 0.4) is 0 Å². The van der Waals surface area contributed by atoms with Gasteiger partial charge in [-0.05, 0) is 19.4 Å². The molecule has 0 aliphatic heterocycles. The Morgan fingerprint density at radius 3 is 2.14 bits per heavy atom. The SMILES string of the molecule is CC(C(=O)O)c1ccccc1.CCO. The maximum atomic E-state index is 10.5. The Bertz CT molecular complexity index is 256. The smallest absolute Gasteiger partial charge is 0.310 e. The van der Waals surface area contributed by atoms with Gasteiger partial charge < -0.3 is 10.2 Å². The van der Waals surface area contributed by atoms with Crippen molar-refractivity contribution in [1.29, 1.82) is 0 Å². The average Bonchev–Trinajstić information content (AvgIpc) is 2.19. The predicted octanol–water partition coefficient (Wildman–Crippen LogP) is 1.87. The van der Waals surface area contributed by atoms with Crippen LogP contribution in [-0.4, -0.2) is 22.8 Å². The normalized spacial score (nSPS) is 11.1. The predicted molar refractivity (Wildman–Crippen MR) is 55.3 cm³/mol. The lowest BCUT2D eigenvalue weighted by Gasteiger charge is -2.04. The summed E-state index contributed by atoms with van der Waals surface area (Å²) in [7, 11) is 0. The third-order valence-electron chi connectivity index (χ3n) is 1.67. The number of aliphatic hydroxyl groups excluding tert-OH is 1. The molecule has 0 aromatic heterocycles. The fourth-order valence-corrected chi connectivity index (χ4v) is 0.884. The Morgan fingerprint density at radius 1 is 1.36 bits per heavy atom. The lowest BCUT2D eigenvalue weighted by atomic mass is 10.0. The summed E-state index contributed by atoms with van der Waals surface area (Å²) in [5, 5.41) is 16.2. The van der Waals surface area contributed by atoms with Crippen LogP contribution in [0, 0.1) is 0 Å². The van der Waals surface area contributed by atoms with Gasteiger partial charge in [0.2, 0.25) is 0 Å². The summed E-state index contributed by atoms with van der Waals surface area (Å²) in [4.78, 5) is 10.5. The number of carbonyl (C=O) groups is 1. The van der Waals surface area contributed by atoms with Crippen LogP contribution >= 0.6 is 0 Å². The number of carboxylic acids is 1. The second-order valence-corrected chi connectivity index (χ2v) is 2.79. The van der Waals surface area contributed by atoms with Crippen LogP contribution in [0.4, 0.5) is 0 Å². The molecular formula is C11H16O3. The van der Waals surface area contributed by atoms with Crippen LogP contribution in [0.2, 0.25) is 0 Å². The van der Waals surface area contributed by atoms with Crippen molar-refractivity contribution in [3.63, 3.8) is 0 Å². The van der Waals surface area contributed by atoms with E-state index in [0.717, 1.165) is 5.56 Å². The number of hydrogen-bond acceptors (Lipinski definition) is 2. The Morgan fingerprint density at radius 2 is 1.79 bits per heavy atom. The summed E-state index contributed by atoms with van der Waals surface area (Å²) in [6.07, 6.45) is 0. The molecule has 0 fully saturated rings. The number of aliphatic hydroxyl groups is 1. The van der Waals surface area contributed by atoms with Crippen molar-refractivity contribution in [2.24, 2.45) is 0 Å². The van der Waals surface area contributed by atoms with E-state index in [4.69, 9.17) is 10.2 Å². The molecule has 0 amide bonds. The zero-order valence-electron chi connectivity index (χ0n) is 8.47. The molecule has 0 aliphatic rings. The first-order chi connectivity index (χ1) is 6.63. The van der Waals surface area contributed by atoms with E-state index in [-0.39, 0.29) is 6.61 Å². The second kappa shape index (κ2) is 7.09. The number of aliphatic carboxylic acids is 1. The van der Waals surface area contributed by atoms with Gasteiger partial charge in [0.25, 0.3) is 0 Å². The molecule has 0 aliphatic carbocycles. The first-order valence-corrected chi connectivity index (χ1v) is 4.52. The summed E-state index contributed by atoms with van der Waals surface area (Å²) in [5.74, 6) is -1.19. The number of carboxylic acid groups (broad SMARTS) is 1. The van der Waals surface area contributed by atoms with E-state index < -0.39 is 11.9 Å². The minimum absolute atomic E-state index is 0.250. The van der Waals surface area contributed by atoms with Gasteiger partial charge in [0.05, 0.1) is 5.92 Å². The number of benzene rings is 1. The van der Waals surface area contributed by atoms with Gasteiger partial charge in [-0.1, -0.05) is 30.3 Å². The van der Waals surface area contributed by atoms with E-state index in [9.17, 15) is 4.79 Å². The molecule has 3 heteroatoms. The van der Waals surface area contributed by atoms with Crippen LogP contribution in [-0.2, 0) is 4.79 Å². The molecule has 1 aromatic carbocycles. The quantitative estimate of drug-likeness (QED) is 0.759. The number of hydrogen-bond donors (Lipinski definition) is 2. The molecule has 3 nitrogen and oxygen atoms in total. The first-order valence-electron chi connectivity index (χ1n) is 4.52. The van der Waals surface area contributed by atoms with E-state index in [1.165, 1.54) is 0 Å². The van der Waals surface area contributed by atoms with Crippen molar-refractivity contribution < 1.29 is 15.0 Å². The molecule has 0 heterocycles. The van der Waals surface area contributed by atoms with Crippen LogP contribution in [0.1, 0.15) is 25.3 Å². The third kappa shape index (κ3) is 4.62. The highest BCUT2D eigenvalue weighted by Gasteiger charge is 2.11. The Hall–Kier alpha value is -1.35. The molecule has 0 spiro atoms.